The van der Waals surface area contributed by atoms with Crippen LogP contribution in [0.15, 0.2) is 88.1 Å². The van der Waals surface area contributed by atoms with Crippen molar-refractivity contribution in [3.05, 3.63) is 94.8 Å². The second-order valence-corrected chi connectivity index (χ2v) is 8.61. The molecular weight excluding hydrogens is 448 g/mol. The minimum absolute atomic E-state index is 0.163. The number of hydrogen-bond donors (Lipinski definition) is 2. The Labute approximate surface area is 202 Å². The maximum atomic E-state index is 12.6. The number of hydrogen-bond acceptors (Lipinski definition) is 5. The fraction of sp³-hybridized carbons (Fsp3) is 0.148. The molecule has 0 fully saturated rings. The molecule has 2 N–H and O–H groups in total. The van der Waals surface area contributed by atoms with Gasteiger partial charge in [-0.25, -0.2) is 4.79 Å². The van der Waals surface area contributed by atoms with Gasteiger partial charge in [0, 0.05) is 16.6 Å². The average molecular weight is 473 g/mol. The molecule has 3 aromatic carbocycles. The summed E-state index contributed by atoms with van der Waals surface area (Å²) in [6.07, 6.45) is 0. The fourth-order valence-corrected chi connectivity index (χ4v) is 3.53. The Bertz CT molecular complexity index is 1390. The number of anilines is 1. The minimum atomic E-state index is -0.401. The van der Waals surface area contributed by atoms with Crippen LogP contribution in [0.25, 0.3) is 22.1 Å². The first kappa shape index (κ1) is 23.2. The topological polar surface area (TPSA) is 80.6 Å². The number of thiocarbonyl (C=S) groups is 1. The van der Waals surface area contributed by atoms with Crippen molar-refractivity contribution in [2.24, 2.45) is 5.92 Å². The summed E-state index contributed by atoms with van der Waals surface area (Å²) in [7, 11) is 0. The lowest BCUT2D eigenvalue weighted by Gasteiger charge is -2.12. The molecule has 34 heavy (non-hydrogen) atoms. The van der Waals surface area contributed by atoms with Crippen LogP contribution < -0.4 is 21.0 Å². The molecule has 4 aromatic rings. The highest BCUT2D eigenvalue weighted by Gasteiger charge is 2.11. The van der Waals surface area contributed by atoms with Gasteiger partial charge >= 0.3 is 5.63 Å². The molecule has 6 nitrogen and oxygen atoms in total. The summed E-state index contributed by atoms with van der Waals surface area (Å²) >= 11 is 5.29. The lowest BCUT2D eigenvalue weighted by Crippen LogP contribution is -2.34. The first-order valence-electron chi connectivity index (χ1n) is 10.9. The van der Waals surface area contributed by atoms with Crippen LogP contribution >= 0.6 is 12.2 Å². The number of rotatable bonds is 6. The SMILES string of the molecule is CC(C)COc1cccc(C(=O)NC(=S)Nc2ccc(-c3cc4ccccc4oc3=O)cc2)c1. The van der Waals surface area contributed by atoms with Crippen molar-refractivity contribution >= 4 is 39.9 Å². The van der Waals surface area contributed by atoms with Gasteiger partial charge in [0.15, 0.2) is 5.11 Å². The lowest BCUT2D eigenvalue weighted by molar-refractivity contribution is 0.0977. The van der Waals surface area contributed by atoms with E-state index < -0.39 is 5.63 Å². The number of benzene rings is 3. The van der Waals surface area contributed by atoms with E-state index >= 15 is 0 Å². The third kappa shape index (κ3) is 5.68. The number of carbonyl (C=O) groups excluding carboxylic acids is 1. The van der Waals surface area contributed by atoms with Gasteiger partial charge in [-0.3, -0.25) is 10.1 Å². The molecule has 0 spiro atoms. The van der Waals surface area contributed by atoms with E-state index in [-0.39, 0.29) is 11.0 Å². The molecule has 0 unspecified atom stereocenters. The largest absolute Gasteiger partial charge is 0.493 e. The van der Waals surface area contributed by atoms with Gasteiger partial charge in [-0.1, -0.05) is 50.2 Å². The van der Waals surface area contributed by atoms with Crippen molar-refractivity contribution in [2.45, 2.75) is 13.8 Å². The second kappa shape index (κ2) is 10.3. The highest BCUT2D eigenvalue weighted by atomic mass is 32.1. The first-order chi connectivity index (χ1) is 16.4. The smallest absolute Gasteiger partial charge is 0.344 e. The third-order valence-corrected chi connectivity index (χ3v) is 5.21. The average Bonchev–Trinajstić information content (AvgIpc) is 2.83. The number of para-hydroxylation sites is 1. The Hall–Kier alpha value is -3.97. The molecule has 1 aromatic heterocycles. The Kier molecular flexibility index (Phi) is 7.04. The highest BCUT2D eigenvalue weighted by Crippen LogP contribution is 2.22. The standard InChI is InChI=1S/C27H24N2O4S/c1-17(2)16-32-22-8-5-7-20(14-22)25(30)29-27(34)28-21-12-10-18(11-13-21)23-15-19-6-3-4-9-24(19)33-26(23)31/h3-15,17H,16H2,1-2H3,(H2,28,29,30,34). The van der Waals surface area contributed by atoms with E-state index in [1.54, 1.807) is 48.5 Å². The normalized spacial score (nSPS) is 10.8. The van der Waals surface area contributed by atoms with Crippen LogP contribution in [0.1, 0.15) is 24.2 Å². The number of nitrogens with one attached hydrogen (secondary N) is 2. The molecule has 1 amide bonds. The van der Waals surface area contributed by atoms with Gasteiger partial charge < -0.3 is 14.5 Å². The van der Waals surface area contributed by atoms with E-state index in [0.29, 0.717) is 40.7 Å². The summed E-state index contributed by atoms with van der Waals surface area (Å²) in [5.74, 6) is 0.684. The maximum absolute atomic E-state index is 12.6. The van der Waals surface area contributed by atoms with Crippen LogP contribution in [-0.4, -0.2) is 17.6 Å². The summed E-state index contributed by atoms with van der Waals surface area (Å²) in [4.78, 5) is 25.0. The molecule has 0 aliphatic carbocycles. The lowest BCUT2D eigenvalue weighted by atomic mass is 10.1. The summed E-state index contributed by atoms with van der Waals surface area (Å²) in [5.41, 5.74) is 2.46. The fourth-order valence-electron chi connectivity index (χ4n) is 3.32. The monoisotopic (exact) mass is 472 g/mol. The molecule has 0 aliphatic rings. The second-order valence-electron chi connectivity index (χ2n) is 8.20. The van der Waals surface area contributed by atoms with Crippen LogP contribution in [0.3, 0.4) is 0 Å². The van der Waals surface area contributed by atoms with Gasteiger partial charge in [-0.2, -0.15) is 0 Å². The molecule has 1 heterocycles. The molecule has 0 aliphatic heterocycles. The van der Waals surface area contributed by atoms with Crippen molar-refractivity contribution in [2.75, 3.05) is 11.9 Å². The van der Waals surface area contributed by atoms with Gasteiger partial charge in [0.25, 0.3) is 5.91 Å². The molecular formula is C27H24N2O4S. The Morgan fingerprint density at radius 3 is 2.53 bits per heavy atom. The zero-order chi connectivity index (χ0) is 24.1. The van der Waals surface area contributed by atoms with Gasteiger partial charge in [0.05, 0.1) is 12.2 Å². The summed E-state index contributed by atoms with van der Waals surface area (Å²) in [6.45, 7) is 4.69. The predicted octanol–water partition coefficient (Wildman–Crippen LogP) is 5.62. The van der Waals surface area contributed by atoms with Crippen LogP contribution in [0.2, 0.25) is 0 Å². The molecule has 4 rings (SSSR count). The Balaban J connectivity index is 1.41. The zero-order valence-corrected chi connectivity index (χ0v) is 19.6. The van der Waals surface area contributed by atoms with E-state index in [1.807, 2.05) is 30.3 Å². The van der Waals surface area contributed by atoms with E-state index in [0.717, 1.165) is 10.9 Å². The van der Waals surface area contributed by atoms with Crippen molar-refractivity contribution < 1.29 is 13.9 Å². The molecule has 0 atom stereocenters. The van der Waals surface area contributed by atoms with Gasteiger partial charge in [-0.05, 0) is 66.2 Å². The van der Waals surface area contributed by atoms with Crippen molar-refractivity contribution in [3.63, 3.8) is 0 Å². The summed E-state index contributed by atoms with van der Waals surface area (Å²) < 4.78 is 11.1. The summed E-state index contributed by atoms with van der Waals surface area (Å²) in [6, 6.07) is 23.3. The van der Waals surface area contributed by atoms with Gasteiger partial charge in [0.1, 0.15) is 11.3 Å². The molecule has 0 bridgehead atoms. The van der Waals surface area contributed by atoms with Crippen LogP contribution in [0.5, 0.6) is 5.75 Å². The number of carbonyl (C=O) groups is 1. The predicted molar refractivity (Wildman–Crippen MR) is 138 cm³/mol. The van der Waals surface area contributed by atoms with E-state index in [9.17, 15) is 9.59 Å². The summed E-state index contributed by atoms with van der Waals surface area (Å²) in [5, 5.41) is 6.67. The van der Waals surface area contributed by atoms with E-state index in [1.165, 1.54) is 0 Å². The number of amides is 1. The molecule has 0 saturated heterocycles. The third-order valence-electron chi connectivity index (χ3n) is 5.00. The quantitative estimate of drug-likeness (QED) is 0.280. The molecule has 0 saturated carbocycles. The number of ether oxygens (including phenoxy) is 1. The van der Waals surface area contributed by atoms with Crippen molar-refractivity contribution in [1.82, 2.24) is 5.32 Å². The van der Waals surface area contributed by atoms with Gasteiger partial charge in [0.2, 0.25) is 0 Å². The van der Waals surface area contributed by atoms with Crippen molar-refractivity contribution in [1.29, 1.82) is 0 Å². The first-order valence-corrected chi connectivity index (χ1v) is 11.3. The molecule has 7 heteroatoms. The van der Waals surface area contributed by atoms with Crippen LogP contribution in [0, 0.1) is 5.92 Å². The van der Waals surface area contributed by atoms with Crippen LogP contribution in [0.4, 0.5) is 5.69 Å². The van der Waals surface area contributed by atoms with E-state index in [4.69, 9.17) is 21.4 Å². The Morgan fingerprint density at radius 2 is 1.76 bits per heavy atom. The Morgan fingerprint density at radius 1 is 1.00 bits per heavy atom. The van der Waals surface area contributed by atoms with Crippen LogP contribution in [-0.2, 0) is 0 Å². The van der Waals surface area contributed by atoms with Crippen molar-refractivity contribution in [3.8, 4) is 16.9 Å². The highest BCUT2D eigenvalue weighted by molar-refractivity contribution is 7.80. The van der Waals surface area contributed by atoms with E-state index in [2.05, 4.69) is 24.5 Å². The molecule has 0 radical (unpaired) electrons. The number of fused-ring (bicyclic) bond motifs is 1. The maximum Gasteiger partial charge on any atom is 0.344 e. The molecule has 172 valence electrons. The van der Waals surface area contributed by atoms with Gasteiger partial charge in [-0.15, -0.1) is 0 Å². The minimum Gasteiger partial charge on any atom is -0.493 e. The zero-order valence-electron chi connectivity index (χ0n) is 18.8.